The molecule has 6 heteroatoms. The molecular formula is C12H14BrN3OS. The maximum absolute atomic E-state index is 5.65. The number of nitrogens with two attached hydrogens (primary N) is 1. The van der Waals surface area contributed by atoms with E-state index in [4.69, 9.17) is 10.6 Å². The first-order chi connectivity index (χ1) is 8.74. The smallest absolute Gasteiger partial charge is 0.119 e. The van der Waals surface area contributed by atoms with Gasteiger partial charge in [-0.1, -0.05) is 15.9 Å². The number of nitrogens with one attached hydrogen (secondary N) is 1. The number of nitrogens with zero attached hydrogens (tertiary/aromatic N) is 1. The minimum atomic E-state index is 0.000579. The van der Waals surface area contributed by atoms with E-state index in [0.717, 1.165) is 27.2 Å². The monoisotopic (exact) mass is 327 g/mol. The Labute approximate surface area is 118 Å². The highest BCUT2D eigenvalue weighted by atomic mass is 79.9. The topological polar surface area (TPSA) is 60.2 Å². The summed E-state index contributed by atoms with van der Waals surface area (Å²) < 4.78 is 6.24. The summed E-state index contributed by atoms with van der Waals surface area (Å²) in [5.74, 6) is 6.46. The zero-order valence-corrected chi connectivity index (χ0v) is 12.3. The number of hydrazine groups is 1. The highest BCUT2D eigenvalue weighted by molar-refractivity contribution is 9.10. The van der Waals surface area contributed by atoms with Crippen molar-refractivity contribution in [3.63, 3.8) is 0 Å². The van der Waals surface area contributed by atoms with Gasteiger partial charge >= 0.3 is 0 Å². The molecule has 0 saturated heterocycles. The molecule has 96 valence electrons. The first kappa shape index (κ1) is 13.5. The van der Waals surface area contributed by atoms with Crippen molar-refractivity contribution in [2.45, 2.75) is 12.5 Å². The van der Waals surface area contributed by atoms with E-state index in [0.29, 0.717) is 0 Å². The molecule has 3 N–H and O–H groups in total. The maximum Gasteiger partial charge on any atom is 0.119 e. The Kier molecular flexibility index (Phi) is 4.71. The molecule has 0 aliphatic carbocycles. The molecule has 0 amide bonds. The lowest BCUT2D eigenvalue weighted by Crippen LogP contribution is -2.29. The van der Waals surface area contributed by atoms with Crippen LogP contribution in [0.1, 0.15) is 16.6 Å². The number of methoxy groups -OCH3 is 1. The molecule has 0 saturated carbocycles. The molecule has 1 heterocycles. The predicted molar refractivity (Wildman–Crippen MR) is 76.6 cm³/mol. The number of rotatable bonds is 5. The molecule has 1 aromatic heterocycles. The summed E-state index contributed by atoms with van der Waals surface area (Å²) in [4.78, 5) is 4.28. The Balaban J connectivity index is 2.26. The molecule has 0 radical (unpaired) electrons. The molecule has 2 aromatic rings. The molecule has 0 fully saturated rings. The van der Waals surface area contributed by atoms with Gasteiger partial charge in [0.1, 0.15) is 5.75 Å². The van der Waals surface area contributed by atoms with Crippen LogP contribution in [0, 0.1) is 0 Å². The van der Waals surface area contributed by atoms with E-state index < -0.39 is 0 Å². The Bertz CT molecular complexity index is 504. The maximum atomic E-state index is 5.65. The van der Waals surface area contributed by atoms with E-state index in [2.05, 4.69) is 26.3 Å². The summed E-state index contributed by atoms with van der Waals surface area (Å²) in [5, 5.41) is 3.01. The van der Waals surface area contributed by atoms with Crippen LogP contribution in [0.15, 0.2) is 34.2 Å². The summed E-state index contributed by atoms with van der Waals surface area (Å²) in [7, 11) is 1.65. The van der Waals surface area contributed by atoms with Crippen molar-refractivity contribution >= 4 is 27.3 Å². The van der Waals surface area contributed by atoms with E-state index in [-0.39, 0.29) is 6.04 Å². The summed E-state index contributed by atoms with van der Waals surface area (Å²) in [6.07, 6.45) is 2.55. The van der Waals surface area contributed by atoms with Crippen LogP contribution < -0.4 is 16.0 Å². The highest BCUT2D eigenvalue weighted by Gasteiger charge is 2.16. The van der Waals surface area contributed by atoms with Crippen LogP contribution in [-0.2, 0) is 6.42 Å². The lowest BCUT2D eigenvalue weighted by Gasteiger charge is -2.17. The first-order valence-electron chi connectivity index (χ1n) is 5.42. The molecular weight excluding hydrogens is 314 g/mol. The number of aromatic nitrogens is 1. The van der Waals surface area contributed by atoms with Crippen molar-refractivity contribution in [2.24, 2.45) is 5.84 Å². The Morgan fingerprint density at radius 2 is 2.39 bits per heavy atom. The second-order valence-electron chi connectivity index (χ2n) is 3.74. The fourth-order valence-corrected chi connectivity index (χ4v) is 2.89. The third-order valence-electron chi connectivity index (χ3n) is 2.64. The summed E-state index contributed by atoms with van der Waals surface area (Å²) in [5.41, 5.74) is 3.89. The molecule has 0 aliphatic heterocycles. The Morgan fingerprint density at radius 3 is 3.00 bits per heavy atom. The van der Waals surface area contributed by atoms with Crippen molar-refractivity contribution < 1.29 is 4.74 Å². The number of halogens is 1. The molecule has 0 aliphatic rings. The predicted octanol–water partition coefficient (Wildman–Crippen LogP) is 2.66. The van der Waals surface area contributed by atoms with Crippen molar-refractivity contribution in [1.29, 1.82) is 0 Å². The van der Waals surface area contributed by atoms with Crippen molar-refractivity contribution in [3.8, 4) is 5.75 Å². The van der Waals surface area contributed by atoms with Gasteiger partial charge in [-0.25, -0.2) is 4.98 Å². The van der Waals surface area contributed by atoms with Crippen LogP contribution in [0.5, 0.6) is 5.75 Å². The van der Waals surface area contributed by atoms with Gasteiger partial charge in [0, 0.05) is 22.5 Å². The second-order valence-corrected chi connectivity index (χ2v) is 5.57. The van der Waals surface area contributed by atoms with Gasteiger partial charge < -0.3 is 4.74 Å². The third kappa shape index (κ3) is 3.08. The zero-order valence-electron chi connectivity index (χ0n) is 9.89. The van der Waals surface area contributed by atoms with Gasteiger partial charge in [-0.3, -0.25) is 11.3 Å². The van der Waals surface area contributed by atoms with E-state index >= 15 is 0 Å². The fraction of sp³-hybridized carbons (Fsp3) is 0.250. The number of thiazole rings is 1. The largest absolute Gasteiger partial charge is 0.497 e. The van der Waals surface area contributed by atoms with Gasteiger partial charge in [0.05, 0.1) is 18.2 Å². The van der Waals surface area contributed by atoms with E-state index in [9.17, 15) is 0 Å². The normalized spacial score (nSPS) is 12.4. The lowest BCUT2D eigenvalue weighted by atomic mass is 10.0. The number of hydrogen-bond acceptors (Lipinski definition) is 5. The number of hydrogen-bond donors (Lipinski definition) is 2. The third-order valence-corrected chi connectivity index (χ3v) is 4.17. The van der Waals surface area contributed by atoms with Crippen LogP contribution in [0.2, 0.25) is 0 Å². The van der Waals surface area contributed by atoms with Crippen LogP contribution >= 0.6 is 27.3 Å². The summed E-state index contributed by atoms with van der Waals surface area (Å²) in [6, 6.07) is 5.84. The van der Waals surface area contributed by atoms with Crippen LogP contribution in [-0.4, -0.2) is 12.1 Å². The first-order valence-corrected chi connectivity index (χ1v) is 7.09. The van der Waals surface area contributed by atoms with Gasteiger partial charge in [-0.15, -0.1) is 11.3 Å². The van der Waals surface area contributed by atoms with E-state index in [1.54, 1.807) is 24.6 Å². The van der Waals surface area contributed by atoms with Gasteiger partial charge in [0.2, 0.25) is 0 Å². The molecule has 0 bridgehead atoms. The average Bonchev–Trinajstić information content (AvgIpc) is 2.90. The lowest BCUT2D eigenvalue weighted by molar-refractivity contribution is 0.412. The Hall–Kier alpha value is -0.950. The number of benzene rings is 1. The summed E-state index contributed by atoms with van der Waals surface area (Å²) in [6.45, 7) is 0. The van der Waals surface area contributed by atoms with E-state index in [1.165, 1.54) is 0 Å². The SMILES string of the molecule is COc1ccc(Br)c(C(Cc2nccs2)NN)c1. The highest BCUT2D eigenvalue weighted by Crippen LogP contribution is 2.29. The van der Waals surface area contributed by atoms with Gasteiger partial charge in [0.15, 0.2) is 0 Å². The fourth-order valence-electron chi connectivity index (χ4n) is 1.70. The van der Waals surface area contributed by atoms with Crippen molar-refractivity contribution in [1.82, 2.24) is 10.4 Å². The van der Waals surface area contributed by atoms with Crippen molar-refractivity contribution in [2.75, 3.05) is 7.11 Å². The molecule has 1 aromatic carbocycles. The molecule has 2 rings (SSSR count). The Morgan fingerprint density at radius 1 is 1.56 bits per heavy atom. The van der Waals surface area contributed by atoms with Crippen LogP contribution in [0.3, 0.4) is 0 Å². The van der Waals surface area contributed by atoms with Crippen LogP contribution in [0.4, 0.5) is 0 Å². The van der Waals surface area contributed by atoms with Gasteiger partial charge in [-0.05, 0) is 23.8 Å². The molecule has 1 unspecified atom stereocenters. The minimum Gasteiger partial charge on any atom is -0.497 e. The molecule has 18 heavy (non-hydrogen) atoms. The van der Waals surface area contributed by atoms with Gasteiger partial charge in [0.25, 0.3) is 0 Å². The minimum absolute atomic E-state index is 0.000579. The molecule has 1 atom stereocenters. The second kappa shape index (κ2) is 6.29. The summed E-state index contributed by atoms with van der Waals surface area (Å²) >= 11 is 5.16. The van der Waals surface area contributed by atoms with Crippen molar-refractivity contribution in [3.05, 3.63) is 44.8 Å². The van der Waals surface area contributed by atoms with Gasteiger partial charge in [-0.2, -0.15) is 0 Å². The van der Waals surface area contributed by atoms with Crippen LogP contribution in [0.25, 0.3) is 0 Å². The van der Waals surface area contributed by atoms with E-state index in [1.807, 2.05) is 23.6 Å². The quantitative estimate of drug-likeness (QED) is 0.654. The number of ether oxygens (including phenoxy) is 1. The zero-order chi connectivity index (χ0) is 13.0. The standard InChI is InChI=1S/C12H14BrN3OS/c1-17-8-2-3-10(13)9(6-8)11(16-14)7-12-15-4-5-18-12/h2-6,11,16H,7,14H2,1H3. The molecule has 4 nitrogen and oxygen atoms in total. The molecule has 0 spiro atoms. The average molecular weight is 328 g/mol.